The van der Waals surface area contributed by atoms with E-state index in [0.717, 1.165) is 37.5 Å². The summed E-state index contributed by atoms with van der Waals surface area (Å²) in [6, 6.07) is 9.14. The molecule has 0 aromatic heterocycles. The van der Waals surface area contributed by atoms with Crippen molar-refractivity contribution in [3.8, 4) is 6.07 Å². The van der Waals surface area contributed by atoms with E-state index in [2.05, 4.69) is 6.08 Å². The third kappa shape index (κ3) is 6.03. The molecule has 3 heteroatoms. The Hall–Kier alpha value is -1.92. The number of hydrogen-bond donors (Lipinski definition) is 0. The van der Waals surface area contributed by atoms with E-state index in [1.54, 1.807) is 18.2 Å². The fraction of sp³-hybridized carbons (Fsp3) is 0.577. The molecule has 2 saturated carbocycles. The molecule has 0 radical (unpaired) electrons. The van der Waals surface area contributed by atoms with Crippen LogP contribution in [0, 0.1) is 29.0 Å². The van der Waals surface area contributed by atoms with Crippen molar-refractivity contribution in [3.63, 3.8) is 0 Å². The minimum atomic E-state index is -0.139. The lowest BCUT2D eigenvalue weighted by molar-refractivity contribution is -0.0614. The Morgan fingerprint density at radius 3 is 2.31 bits per heavy atom. The van der Waals surface area contributed by atoms with Gasteiger partial charge in [0.05, 0.1) is 11.7 Å². The molecule has 3 rings (SSSR count). The fourth-order valence-corrected chi connectivity index (χ4v) is 5.47. The summed E-state index contributed by atoms with van der Waals surface area (Å²) >= 11 is 0. The molecule has 0 N–H and O–H groups in total. The van der Waals surface area contributed by atoms with Gasteiger partial charge in [-0.3, -0.25) is 0 Å². The van der Waals surface area contributed by atoms with Gasteiger partial charge in [-0.15, -0.1) is 0 Å². The first kappa shape index (κ1) is 21.8. The first-order chi connectivity index (χ1) is 14.2. The van der Waals surface area contributed by atoms with Crippen LogP contribution in [0.2, 0.25) is 0 Å². The SMILES string of the molecule is COC1(CCC=CC=CC#N)CCC(C2CCC(c3ccc(F)cc3)CC2)CC1. The van der Waals surface area contributed by atoms with Crippen molar-refractivity contribution in [1.29, 1.82) is 5.26 Å². The average molecular weight is 396 g/mol. The summed E-state index contributed by atoms with van der Waals surface area (Å²) in [5.41, 5.74) is 1.34. The van der Waals surface area contributed by atoms with Gasteiger partial charge in [0.2, 0.25) is 0 Å². The first-order valence-corrected chi connectivity index (χ1v) is 11.2. The zero-order valence-corrected chi connectivity index (χ0v) is 17.7. The molecule has 2 aliphatic carbocycles. The molecule has 2 nitrogen and oxygen atoms in total. The van der Waals surface area contributed by atoms with Crippen LogP contribution in [0.4, 0.5) is 4.39 Å². The highest BCUT2D eigenvalue weighted by molar-refractivity contribution is 5.21. The predicted molar refractivity (Wildman–Crippen MR) is 116 cm³/mol. The van der Waals surface area contributed by atoms with Gasteiger partial charge in [-0.2, -0.15) is 5.26 Å². The molecule has 2 aliphatic rings. The number of rotatable bonds is 7. The first-order valence-electron chi connectivity index (χ1n) is 11.2. The third-order valence-electron chi connectivity index (χ3n) is 7.34. The van der Waals surface area contributed by atoms with Gasteiger partial charge in [-0.25, -0.2) is 4.39 Å². The molecule has 1 aromatic carbocycles. The van der Waals surface area contributed by atoms with Crippen LogP contribution in [0.5, 0.6) is 0 Å². The maximum Gasteiger partial charge on any atom is 0.123 e. The Labute approximate surface area is 175 Å². The predicted octanol–water partition coefficient (Wildman–Crippen LogP) is 7.09. The van der Waals surface area contributed by atoms with Crippen LogP contribution in [0.3, 0.4) is 0 Å². The molecule has 1 aromatic rings. The van der Waals surface area contributed by atoms with E-state index in [-0.39, 0.29) is 11.4 Å². The maximum absolute atomic E-state index is 13.2. The smallest absolute Gasteiger partial charge is 0.123 e. The van der Waals surface area contributed by atoms with Gasteiger partial charge in [-0.05, 0) is 99.7 Å². The summed E-state index contributed by atoms with van der Waals surface area (Å²) in [6.07, 6.45) is 19.4. The zero-order chi connectivity index (χ0) is 20.5. The number of hydrogen-bond acceptors (Lipinski definition) is 2. The summed E-state index contributed by atoms with van der Waals surface area (Å²) in [5.74, 6) is 2.15. The van der Waals surface area contributed by atoms with Crippen LogP contribution in [0.1, 0.15) is 75.7 Å². The highest BCUT2D eigenvalue weighted by Crippen LogP contribution is 2.46. The Kier molecular flexibility index (Phi) is 8.07. The zero-order valence-electron chi connectivity index (χ0n) is 17.7. The molecule has 29 heavy (non-hydrogen) atoms. The maximum atomic E-state index is 13.2. The minimum absolute atomic E-state index is 0.0328. The van der Waals surface area contributed by atoms with Gasteiger partial charge in [0.15, 0.2) is 0 Å². The molecular formula is C26H34FNO. The van der Waals surface area contributed by atoms with Gasteiger partial charge in [0, 0.05) is 13.2 Å². The lowest BCUT2D eigenvalue weighted by atomic mass is 9.66. The number of halogens is 1. The van der Waals surface area contributed by atoms with E-state index in [9.17, 15) is 4.39 Å². The normalized spacial score (nSPS) is 30.6. The summed E-state index contributed by atoms with van der Waals surface area (Å²) in [5, 5.41) is 8.52. The highest BCUT2D eigenvalue weighted by Gasteiger charge is 2.38. The molecule has 0 aliphatic heterocycles. The molecule has 156 valence electrons. The standard InChI is InChI=1S/C26H34FNO/c1-29-26(17-5-3-2-4-6-20-28)18-15-24(16-19-26)22-9-7-21(8-10-22)23-11-13-25(27)14-12-23/h2-4,6,11-14,21-22,24H,5,7-10,15-19H2,1H3. The number of methoxy groups -OCH3 is 1. The van der Waals surface area contributed by atoms with Crippen LogP contribution < -0.4 is 0 Å². The largest absolute Gasteiger partial charge is 0.378 e. The minimum Gasteiger partial charge on any atom is -0.378 e. The van der Waals surface area contributed by atoms with Crippen molar-refractivity contribution < 1.29 is 9.13 Å². The van der Waals surface area contributed by atoms with Crippen LogP contribution in [0.25, 0.3) is 0 Å². The Bertz CT molecular complexity index is 714. The van der Waals surface area contributed by atoms with Gasteiger partial charge >= 0.3 is 0 Å². The Morgan fingerprint density at radius 1 is 1.03 bits per heavy atom. The van der Waals surface area contributed by atoms with Gasteiger partial charge < -0.3 is 4.74 Å². The lowest BCUT2D eigenvalue weighted by Crippen LogP contribution is -2.38. The third-order valence-corrected chi connectivity index (χ3v) is 7.34. The second kappa shape index (κ2) is 10.7. The molecule has 0 atom stereocenters. The number of allylic oxidation sites excluding steroid dienone is 4. The van der Waals surface area contributed by atoms with E-state index >= 15 is 0 Å². The number of nitrogens with zero attached hydrogens (tertiary/aromatic N) is 1. The summed E-state index contributed by atoms with van der Waals surface area (Å²) < 4.78 is 19.2. The van der Waals surface area contributed by atoms with E-state index in [0.29, 0.717) is 5.92 Å². The Morgan fingerprint density at radius 2 is 1.69 bits per heavy atom. The van der Waals surface area contributed by atoms with Gasteiger partial charge in [-0.1, -0.05) is 30.4 Å². The van der Waals surface area contributed by atoms with Crippen molar-refractivity contribution in [2.75, 3.05) is 7.11 Å². The van der Waals surface area contributed by atoms with E-state index in [4.69, 9.17) is 10.00 Å². The van der Waals surface area contributed by atoms with Crippen LogP contribution in [-0.4, -0.2) is 12.7 Å². The number of benzene rings is 1. The van der Waals surface area contributed by atoms with E-state index in [1.807, 2.05) is 31.4 Å². The Balaban J connectivity index is 1.44. The van der Waals surface area contributed by atoms with Crippen LogP contribution in [0.15, 0.2) is 48.6 Å². The van der Waals surface area contributed by atoms with Crippen molar-refractivity contribution in [1.82, 2.24) is 0 Å². The van der Waals surface area contributed by atoms with Crippen LogP contribution >= 0.6 is 0 Å². The summed E-state index contributed by atoms with van der Waals surface area (Å²) in [7, 11) is 1.87. The second-order valence-electron chi connectivity index (χ2n) is 8.84. The van der Waals surface area contributed by atoms with Crippen molar-refractivity contribution in [3.05, 3.63) is 60.0 Å². The quantitative estimate of drug-likeness (QED) is 0.365. The molecule has 0 amide bonds. The summed E-state index contributed by atoms with van der Waals surface area (Å²) in [6.45, 7) is 0. The van der Waals surface area contributed by atoms with Crippen molar-refractivity contribution in [2.24, 2.45) is 11.8 Å². The summed E-state index contributed by atoms with van der Waals surface area (Å²) in [4.78, 5) is 0. The molecule has 0 saturated heterocycles. The van der Waals surface area contributed by atoms with Crippen molar-refractivity contribution >= 4 is 0 Å². The molecular weight excluding hydrogens is 361 g/mol. The topological polar surface area (TPSA) is 33.0 Å². The molecule has 2 fully saturated rings. The lowest BCUT2D eigenvalue weighted by Gasteiger charge is -2.43. The molecule has 0 unspecified atom stereocenters. The molecule has 0 spiro atoms. The van der Waals surface area contributed by atoms with Gasteiger partial charge in [0.1, 0.15) is 5.82 Å². The van der Waals surface area contributed by atoms with E-state index in [1.165, 1.54) is 50.2 Å². The number of nitriles is 1. The molecule has 0 heterocycles. The van der Waals surface area contributed by atoms with E-state index < -0.39 is 0 Å². The monoisotopic (exact) mass is 395 g/mol. The average Bonchev–Trinajstić information content (AvgIpc) is 2.77. The second-order valence-corrected chi connectivity index (χ2v) is 8.84. The highest BCUT2D eigenvalue weighted by atomic mass is 19.1. The fourth-order valence-electron chi connectivity index (χ4n) is 5.47. The molecule has 0 bridgehead atoms. The van der Waals surface area contributed by atoms with Crippen molar-refractivity contribution in [2.45, 2.75) is 75.7 Å². The van der Waals surface area contributed by atoms with Crippen LogP contribution in [-0.2, 0) is 4.74 Å². The van der Waals surface area contributed by atoms with Gasteiger partial charge in [0.25, 0.3) is 0 Å². The number of ether oxygens (including phenoxy) is 1.